The van der Waals surface area contributed by atoms with Crippen LogP contribution >= 0.6 is 0 Å². The molecular formula is C20H28N4O3. The lowest BCUT2D eigenvalue weighted by atomic mass is 9.96. The highest BCUT2D eigenvalue weighted by Gasteiger charge is 2.23. The van der Waals surface area contributed by atoms with Crippen molar-refractivity contribution in [2.75, 3.05) is 5.73 Å². The van der Waals surface area contributed by atoms with Crippen molar-refractivity contribution >= 4 is 11.6 Å². The summed E-state index contributed by atoms with van der Waals surface area (Å²) < 4.78 is 6.73. The van der Waals surface area contributed by atoms with Crippen LogP contribution in [0.15, 0.2) is 27.4 Å². The van der Waals surface area contributed by atoms with E-state index in [0.717, 1.165) is 36.1 Å². The smallest absolute Gasteiger partial charge is 0.290 e. The van der Waals surface area contributed by atoms with E-state index in [1.54, 1.807) is 13.0 Å². The summed E-state index contributed by atoms with van der Waals surface area (Å²) in [5, 5.41) is 7.43. The van der Waals surface area contributed by atoms with Crippen LogP contribution in [0, 0.1) is 6.92 Å². The predicted molar refractivity (Wildman–Crippen MR) is 104 cm³/mol. The van der Waals surface area contributed by atoms with Gasteiger partial charge in [-0.25, -0.2) is 4.68 Å². The highest BCUT2D eigenvalue weighted by atomic mass is 16.3. The number of hydrogen-bond acceptors (Lipinski definition) is 5. The van der Waals surface area contributed by atoms with Gasteiger partial charge in [-0.05, 0) is 44.9 Å². The van der Waals surface area contributed by atoms with Crippen LogP contribution in [0.4, 0.5) is 5.69 Å². The number of carbonyl (C=O) groups is 1. The molecule has 2 aromatic heterocycles. The minimum absolute atomic E-state index is 0.0413. The largest absolute Gasteiger partial charge is 0.460 e. The maximum atomic E-state index is 12.8. The van der Waals surface area contributed by atoms with E-state index in [1.807, 2.05) is 13.0 Å². The summed E-state index contributed by atoms with van der Waals surface area (Å²) in [4.78, 5) is 25.2. The molecule has 0 aliphatic heterocycles. The first-order valence-electron chi connectivity index (χ1n) is 9.72. The van der Waals surface area contributed by atoms with Crippen LogP contribution in [-0.2, 0) is 4.79 Å². The molecular weight excluding hydrogens is 344 g/mol. The van der Waals surface area contributed by atoms with Crippen LogP contribution in [0.1, 0.15) is 63.7 Å². The maximum Gasteiger partial charge on any atom is 0.290 e. The molecule has 1 fully saturated rings. The molecule has 27 heavy (non-hydrogen) atoms. The molecule has 1 aliphatic rings. The normalized spacial score (nSPS) is 17.1. The van der Waals surface area contributed by atoms with E-state index in [9.17, 15) is 9.59 Å². The Morgan fingerprint density at radius 3 is 2.56 bits per heavy atom. The Kier molecular flexibility index (Phi) is 5.98. The Morgan fingerprint density at radius 1 is 1.26 bits per heavy atom. The van der Waals surface area contributed by atoms with Crippen LogP contribution < -0.4 is 16.6 Å². The minimum Gasteiger partial charge on any atom is -0.460 e. The topological polar surface area (TPSA) is 103 Å². The van der Waals surface area contributed by atoms with Gasteiger partial charge in [0.1, 0.15) is 23.2 Å². The molecule has 2 heterocycles. The third kappa shape index (κ3) is 4.59. The quantitative estimate of drug-likeness (QED) is 0.858. The van der Waals surface area contributed by atoms with Crippen LogP contribution in [0.2, 0.25) is 0 Å². The van der Waals surface area contributed by atoms with Gasteiger partial charge in [0, 0.05) is 6.04 Å². The fourth-order valence-electron chi connectivity index (χ4n) is 3.52. The molecule has 0 spiro atoms. The predicted octanol–water partition coefficient (Wildman–Crippen LogP) is 3.18. The van der Waals surface area contributed by atoms with E-state index >= 15 is 0 Å². The molecule has 7 heteroatoms. The van der Waals surface area contributed by atoms with Gasteiger partial charge < -0.3 is 15.5 Å². The lowest BCUT2D eigenvalue weighted by Crippen LogP contribution is -2.42. The standard InChI is InChI=1S/C20H28N4O3/c1-13-10-11-18(27-13)17-12-16(21)20(26)24(23-17)14(2)19(25)22-15-8-6-4-3-5-7-9-15/h10-12,14-15H,3-9,21H2,1-2H3,(H,22,25)/t14-/m1/s1. The number of nitrogens with zero attached hydrogens (tertiary/aromatic N) is 2. The van der Waals surface area contributed by atoms with Crippen molar-refractivity contribution in [2.45, 2.75) is 70.9 Å². The first-order chi connectivity index (χ1) is 13.0. The second kappa shape index (κ2) is 8.41. The van der Waals surface area contributed by atoms with Crippen LogP contribution in [-0.4, -0.2) is 21.7 Å². The molecule has 0 aromatic carbocycles. The van der Waals surface area contributed by atoms with Gasteiger partial charge in [0.25, 0.3) is 5.56 Å². The summed E-state index contributed by atoms with van der Waals surface area (Å²) in [7, 11) is 0. The van der Waals surface area contributed by atoms with E-state index in [1.165, 1.54) is 25.3 Å². The number of anilines is 1. The number of aromatic nitrogens is 2. The molecule has 1 aliphatic carbocycles. The van der Waals surface area contributed by atoms with E-state index in [-0.39, 0.29) is 17.6 Å². The molecule has 3 rings (SSSR count). The molecule has 3 N–H and O–H groups in total. The monoisotopic (exact) mass is 372 g/mol. The van der Waals surface area contributed by atoms with Gasteiger partial charge in [0.05, 0.1) is 0 Å². The lowest BCUT2D eigenvalue weighted by molar-refractivity contribution is -0.125. The van der Waals surface area contributed by atoms with E-state index < -0.39 is 11.6 Å². The van der Waals surface area contributed by atoms with Gasteiger partial charge >= 0.3 is 0 Å². The average molecular weight is 372 g/mol. The lowest BCUT2D eigenvalue weighted by Gasteiger charge is -2.23. The van der Waals surface area contributed by atoms with Gasteiger partial charge in [-0.3, -0.25) is 9.59 Å². The average Bonchev–Trinajstić information content (AvgIpc) is 3.05. The van der Waals surface area contributed by atoms with Crippen molar-refractivity contribution < 1.29 is 9.21 Å². The van der Waals surface area contributed by atoms with Gasteiger partial charge in [0.2, 0.25) is 5.91 Å². The molecule has 0 saturated heterocycles. The Balaban J connectivity index is 1.80. The first kappa shape index (κ1) is 19.2. The number of hydrogen-bond donors (Lipinski definition) is 2. The molecule has 0 radical (unpaired) electrons. The van der Waals surface area contributed by atoms with Crippen LogP contribution in [0.25, 0.3) is 11.5 Å². The van der Waals surface area contributed by atoms with Crippen molar-refractivity contribution in [1.82, 2.24) is 15.1 Å². The molecule has 0 bridgehead atoms. The number of rotatable bonds is 4. The Labute approximate surface area is 158 Å². The molecule has 0 unspecified atom stereocenters. The van der Waals surface area contributed by atoms with Gasteiger partial charge in [0.15, 0.2) is 5.76 Å². The van der Waals surface area contributed by atoms with Crippen molar-refractivity contribution in [2.24, 2.45) is 0 Å². The number of nitrogen functional groups attached to an aromatic ring is 1. The molecule has 146 valence electrons. The summed E-state index contributed by atoms with van der Waals surface area (Å²) in [5.41, 5.74) is 5.89. The number of nitrogens with two attached hydrogens (primary N) is 1. The second-order valence-electron chi connectivity index (χ2n) is 7.37. The molecule has 1 atom stereocenters. The zero-order valence-corrected chi connectivity index (χ0v) is 16.0. The van der Waals surface area contributed by atoms with Crippen LogP contribution in [0.5, 0.6) is 0 Å². The van der Waals surface area contributed by atoms with Gasteiger partial charge in [-0.15, -0.1) is 0 Å². The van der Waals surface area contributed by atoms with Gasteiger partial charge in [-0.2, -0.15) is 5.10 Å². The van der Waals surface area contributed by atoms with E-state index in [0.29, 0.717) is 11.5 Å². The van der Waals surface area contributed by atoms with E-state index in [2.05, 4.69) is 10.4 Å². The number of furan rings is 1. The summed E-state index contributed by atoms with van der Waals surface area (Å²) in [6.07, 6.45) is 7.90. The summed E-state index contributed by atoms with van der Waals surface area (Å²) in [6.45, 7) is 3.50. The summed E-state index contributed by atoms with van der Waals surface area (Å²) in [5.74, 6) is 1.04. The first-order valence-corrected chi connectivity index (χ1v) is 9.72. The van der Waals surface area contributed by atoms with Crippen molar-refractivity contribution in [1.29, 1.82) is 0 Å². The number of nitrogens with one attached hydrogen (secondary N) is 1. The summed E-state index contributed by atoms with van der Waals surface area (Å²) >= 11 is 0. The zero-order chi connectivity index (χ0) is 19.4. The fraction of sp³-hybridized carbons (Fsp3) is 0.550. The SMILES string of the molecule is Cc1ccc(-c2cc(N)c(=O)n([C@H](C)C(=O)NC3CCCCCCC3)n2)o1. The third-order valence-electron chi connectivity index (χ3n) is 5.15. The third-order valence-corrected chi connectivity index (χ3v) is 5.15. The highest BCUT2D eigenvalue weighted by Crippen LogP contribution is 2.21. The van der Waals surface area contributed by atoms with Crippen LogP contribution in [0.3, 0.4) is 0 Å². The van der Waals surface area contributed by atoms with Crippen molar-refractivity contribution in [3.63, 3.8) is 0 Å². The molecule has 1 saturated carbocycles. The Bertz CT molecular complexity index is 847. The second-order valence-corrected chi connectivity index (χ2v) is 7.37. The summed E-state index contributed by atoms with van der Waals surface area (Å²) in [6, 6.07) is 4.47. The minimum atomic E-state index is -0.749. The highest BCUT2D eigenvalue weighted by molar-refractivity contribution is 5.80. The van der Waals surface area contributed by atoms with Crippen molar-refractivity contribution in [3.8, 4) is 11.5 Å². The molecule has 7 nitrogen and oxygen atoms in total. The van der Waals surface area contributed by atoms with Crippen molar-refractivity contribution in [3.05, 3.63) is 34.3 Å². The molecule has 2 aromatic rings. The van der Waals surface area contributed by atoms with Gasteiger partial charge in [-0.1, -0.05) is 32.1 Å². The zero-order valence-electron chi connectivity index (χ0n) is 16.0. The molecule has 1 amide bonds. The maximum absolute atomic E-state index is 12.8. The number of aryl methyl sites for hydroxylation is 1. The van der Waals surface area contributed by atoms with E-state index in [4.69, 9.17) is 10.2 Å². The number of amides is 1. The Morgan fingerprint density at radius 2 is 1.93 bits per heavy atom. The Hall–Kier alpha value is -2.57. The number of carbonyl (C=O) groups excluding carboxylic acids is 1. The fourth-order valence-corrected chi connectivity index (χ4v) is 3.52.